The van der Waals surface area contributed by atoms with Gasteiger partial charge in [-0.3, -0.25) is 19.3 Å². The van der Waals surface area contributed by atoms with Crippen molar-refractivity contribution in [1.29, 1.82) is 0 Å². The number of allylic oxidation sites excluding steroid dienone is 2. The molecule has 136 valence electrons. The molecule has 3 amide bonds. The van der Waals surface area contributed by atoms with E-state index in [1.165, 1.54) is 4.90 Å². The molecule has 1 N–H and O–H groups in total. The zero-order valence-electron chi connectivity index (χ0n) is 14.8. The Labute approximate surface area is 157 Å². The Kier molecular flexibility index (Phi) is 3.64. The molecule has 5 nitrogen and oxygen atoms in total. The summed E-state index contributed by atoms with van der Waals surface area (Å²) in [4.78, 5) is 39.1. The number of likely N-dealkylation sites (tertiary alicyclic amines) is 1. The third kappa shape index (κ3) is 2.49. The van der Waals surface area contributed by atoms with Crippen molar-refractivity contribution in [3.8, 4) is 0 Å². The fourth-order valence-electron chi connectivity index (χ4n) is 4.94. The summed E-state index contributed by atoms with van der Waals surface area (Å²) in [5.41, 5.74) is 0.747. The van der Waals surface area contributed by atoms with E-state index in [4.69, 9.17) is 0 Å². The van der Waals surface area contributed by atoms with Gasteiger partial charge in [0.15, 0.2) is 0 Å². The van der Waals surface area contributed by atoms with Crippen LogP contribution in [-0.4, -0.2) is 29.2 Å². The van der Waals surface area contributed by atoms with Crippen molar-refractivity contribution in [2.75, 3.05) is 11.9 Å². The number of hydrogen-bond donors (Lipinski definition) is 1. The topological polar surface area (TPSA) is 66.5 Å². The SMILES string of the molecule is O=C(CCN1C(=O)[C@@H]2[C@@H](C1=O)[C@H]1C=C[C@@H]2C1)Nc1cccc2ccccc12. The molecule has 27 heavy (non-hydrogen) atoms. The molecule has 2 aromatic carbocycles. The van der Waals surface area contributed by atoms with E-state index < -0.39 is 0 Å². The van der Waals surface area contributed by atoms with Gasteiger partial charge in [0.1, 0.15) is 0 Å². The second kappa shape index (κ2) is 6.05. The molecule has 2 bridgehead atoms. The van der Waals surface area contributed by atoms with Gasteiger partial charge in [-0.1, -0.05) is 48.6 Å². The van der Waals surface area contributed by atoms with Gasteiger partial charge in [0.05, 0.1) is 11.8 Å². The van der Waals surface area contributed by atoms with Gasteiger partial charge in [-0.05, 0) is 29.7 Å². The Morgan fingerprint density at radius 2 is 1.63 bits per heavy atom. The maximum Gasteiger partial charge on any atom is 0.233 e. The minimum atomic E-state index is -0.200. The smallest absolute Gasteiger partial charge is 0.233 e. The standard InChI is InChI=1S/C22H20N2O3/c25-18(23-17-7-3-5-13-4-1-2-6-16(13)17)10-11-24-21(26)19-14-8-9-15(12-14)20(19)22(24)27/h1-9,14-15,19-20H,10-12H2,(H,23,25)/t14-,15+,19-,20-/m0/s1. The summed E-state index contributed by atoms with van der Waals surface area (Å²) < 4.78 is 0. The lowest BCUT2D eigenvalue weighted by Gasteiger charge is -2.17. The fraction of sp³-hybridized carbons (Fsp3) is 0.318. The monoisotopic (exact) mass is 360 g/mol. The third-order valence-electron chi connectivity index (χ3n) is 6.19. The van der Waals surface area contributed by atoms with Crippen molar-refractivity contribution >= 4 is 34.2 Å². The summed E-state index contributed by atoms with van der Waals surface area (Å²) in [7, 11) is 0. The summed E-state index contributed by atoms with van der Waals surface area (Å²) >= 11 is 0. The Morgan fingerprint density at radius 3 is 2.37 bits per heavy atom. The number of nitrogens with zero attached hydrogens (tertiary/aromatic N) is 1. The minimum absolute atomic E-state index is 0.0974. The zero-order chi connectivity index (χ0) is 18.5. The Morgan fingerprint density at radius 1 is 0.963 bits per heavy atom. The van der Waals surface area contributed by atoms with E-state index in [9.17, 15) is 14.4 Å². The molecule has 2 aliphatic carbocycles. The van der Waals surface area contributed by atoms with Crippen molar-refractivity contribution in [3.05, 3.63) is 54.6 Å². The Balaban J connectivity index is 1.26. The highest BCUT2D eigenvalue weighted by Crippen LogP contribution is 2.52. The van der Waals surface area contributed by atoms with Crippen LogP contribution < -0.4 is 5.32 Å². The van der Waals surface area contributed by atoms with Gasteiger partial charge in [0.25, 0.3) is 0 Å². The van der Waals surface area contributed by atoms with Crippen LogP contribution in [0.5, 0.6) is 0 Å². The maximum atomic E-state index is 12.7. The van der Waals surface area contributed by atoms with Gasteiger partial charge < -0.3 is 5.32 Å². The highest BCUT2D eigenvalue weighted by molar-refractivity contribution is 6.07. The first-order valence-electron chi connectivity index (χ1n) is 9.44. The average molecular weight is 360 g/mol. The number of carbonyl (C=O) groups excluding carboxylic acids is 3. The number of amides is 3. The predicted octanol–water partition coefficient (Wildman–Crippen LogP) is 2.98. The number of nitrogens with one attached hydrogen (secondary N) is 1. The van der Waals surface area contributed by atoms with Crippen molar-refractivity contribution in [2.45, 2.75) is 12.8 Å². The minimum Gasteiger partial charge on any atom is -0.325 e. The number of hydrogen-bond acceptors (Lipinski definition) is 3. The van der Waals surface area contributed by atoms with Gasteiger partial charge in [-0.25, -0.2) is 0 Å². The molecule has 0 unspecified atom stereocenters. The largest absolute Gasteiger partial charge is 0.325 e. The van der Waals surface area contributed by atoms with E-state index >= 15 is 0 Å². The van der Waals surface area contributed by atoms with E-state index in [-0.39, 0.29) is 54.4 Å². The summed E-state index contributed by atoms with van der Waals surface area (Å²) in [5.74, 6) is -0.385. The molecule has 5 rings (SSSR count). The first-order valence-corrected chi connectivity index (χ1v) is 9.44. The molecule has 4 atom stereocenters. The Bertz CT molecular complexity index is 961. The molecule has 3 aliphatic rings. The van der Waals surface area contributed by atoms with Crippen molar-refractivity contribution < 1.29 is 14.4 Å². The second-order valence-electron chi connectivity index (χ2n) is 7.65. The molecule has 0 spiro atoms. The number of imide groups is 1. The van der Waals surface area contributed by atoms with Crippen molar-refractivity contribution in [3.63, 3.8) is 0 Å². The van der Waals surface area contributed by atoms with E-state index in [1.807, 2.05) is 42.5 Å². The average Bonchev–Trinajstić information content (AvgIpc) is 3.35. The number of rotatable bonds is 4. The van der Waals surface area contributed by atoms with Crippen LogP contribution in [0.1, 0.15) is 12.8 Å². The first-order chi connectivity index (χ1) is 13.1. The highest BCUT2D eigenvalue weighted by Gasteiger charge is 2.58. The third-order valence-corrected chi connectivity index (χ3v) is 6.19. The van der Waals surface area contributed by atoms with Crippen molar-refractivity contribution in [1.82, 2.24) is 4.90 Å². The first kappa shape index (κ1) is 16.2. The summed E-state index contributed by atoms with van der Waals surface area (Å²) in [6, 6.07) is 13.6. The lowest BCUT2D eigenvalue weighted by Crippen LogP contribution is -2.35. The molecule has 1 heterocycles. The van der Waals surface area contributed by atoms with Gasteiger partial charge in [-0.15, -0.1) is 0 Å². The molecule has 2 fully saturated rings. The molecular formula is C22H20N2O3. The Hall–Kier alpha value is -2.95. The van der Waals surface area contributed by atoms with Gasteiger partial charge in [0, 0.05) is 24.0 Å². The number of fused-ring (bicyclic) bond motifs is 6. The van der Waals surface area contributed by atoms with Crippen molar-refractivity contribution in [2.24, 2.45) is 23.7 Å². The van der Waals surface area contributed by atoms with Crippen LogP contribution in [0.4, 0.5) is 5.69 Å². The van der Waals surface area contributed by atoms with Crippen LogP contribution in [0.2, 0.25) is 0 Å². The van der Waals surface area contributed by atoms with Crippen LogP contribution in [0.3, 0.4) is 0 Å². The molecular weight excluding hydrogens is 340 g/mol. The number of carbonyl (C=O) groups is 3. The number of anilines is 1. The molecule has 1 saturated heterocycles. The van der Waals surface area contributed by atoms with Gasteiger partial charge in [-0.2, -0.15) is 0 Å². The summed E-state index contributed by atoms with van der Waals surface area (Å²) in [6.45, 7) is 0.153. The van der Waals surface area contributed by atoms with Crippen LogP contribution >= 0.6 is 0 Å². The van der Waals surface area contributed by atoms with E-state index in [0.717, 1.165) is 22.9 Å². The van der Waals surface area contributed by atoms with Crippen LogP contribution in [0.25, 0.3) is 10.8 Å². The number of benzene rings is 2. The molecule has 5 heteroatoms. The molecule has 1 saturated carbocycles. The molecule has 0 radical (unpaired) electrons. The quantitative estimate of drug-likeness (QED) is 0.673. The maximum absolute atomic E-state index is 12.7. The van der Waals surface area contributed by atoms with Crippen LogP contribution in [0, 0.1) is 23.7 Å². The zero-order valence-corrected chi connectivity index (χ0v) is 14.8. The lowest BCUT2D eigenvalue weighted by molar-refractivity contribution is -0.140. The van der Waals surface area contributed by atoms with Crippen LogP contribution in [0.15, 0.2) is 54.6 Å². The van der Waals surface area contributed by atoms with E-state index in [2.05, 4.69) is 17.5 Å². The molecule has 0 aromatic heterocycles. The van der Waals surface area contributed by atoms with E-state index in [0.29, 0.717) is 0 Å². The summed E-state index contributed by atoms with van der Waals surface area (Å²) in [6.07, 6.45) is 5.19. The normalized spacial score (nSPS) is 28.2. The van der Waals surface area contributed by atoms with Gasteiger partial charge in [0.2, 0.25) is 17.7 Å². The van der Waals surface area contributed by atoms with Gasteiger partial charge >= 0.3 is 0 Å². The predicted molar refractivity (Wildman–Crippen MR) is 102 cm³/mol. The van der Waals surface area contributed by atoms with E-state index in [1.54, 1.807) is 0 Å². The molecule has 1 aliphatic heterocycles. The lowest BCUT2D eigenvalue weighted by atomic mass is 9.85. The summed E-state index contributed by atoms with van der Waals surface area (Å²) in [5, 5.41) is 4.94. The molecule has 2 aromatic rings. The fourth-order valence-corrected chi connectivity index (χ4v) is 4.94. The van der Waals surface area contributed by atoms with Crippen LogP contribution in [-0.2, 0) is 14.4 Å². The second-order valence-corrected chi connectivity index (χ2v) is 7.65. The highest BCUT2D eigenvalue weighted by atomic mass is 16.2.